The minimum atomic E-state index is 1.13. The first-order valence-electron chi connectivity index (χ1n) is 16.0. The first-order chi connectivity index (χ1) is 16.9. The Balaban J connectivity index is 1.68. The summed E-state index contributed by atoms with van der Waals surface area (Å²) in [6.45, 7) is 6.39. The summed E-state index contributed by atoms with van der Waals surface area (Å²) in [5, 5.41) is 0. The van der Waals surface area contributed by atoms with E-state index in [-0.39, 0.29) is 0 Å². The molecule has 1 saturated heterocycles. The number of rotatable bonds is 26. The molecular weight excluding hydrogens is 410 g/mol. The fraction of sp³-hybridized carbons (Fsp3) is 0.879. The lowest BCUT2D eigenvalue weighted by Gasteiger charge is -2.13. The zero-order valence-corrected chi connectivity index (χ0v) is 23.6. The maximum Gasteiger partial charge on any atom is -0.00183 e. The molecule has 0 aliphatic carbocycles. The van der Waals surface area contributed by atoms with Crippen LogP contribution in [0.3, 0.4) is 0 Å². The smallest absolute Gasteiger partial charge is 0.00183 e. The van der Waals surface area contributed by atoms with E-state index in [1.807, 2.05) is 0 Å². The maximum atomic E-state index is 2.66. The van der Waals surface area contributed by atoms with Crippen LogP contribution in [0.2, 0.25) is 0 Å². The van der Waals surface area contributed by atoms with Crippen LogP contribution in [0.25, 0.3) is 0 Å². The predicted molar refractivity (Wildman–Crippen MR) is 156 cm³/mol. The van der Waals surface area contributed by atoms with Gasteiger partial charge in [0.15, 0.2) is 0 Å². The minimum absolute atomic E-state index is 1.13. The van der Waals surface area contributed by atoms with E-state index in [9.17, 15) is 0 Å². The average molecular weight is 474 g/mol. The largest absolute Gasteiger partial charge is 0.303 e. The molecule has 0 bridgehead atoms. The third-order valence-corrected chi connectivity index (χ3v) is 7.62. The SMILES string of the molecule is CCCCCCCCCCCCCC/C=C\C/C=C\CCCCCCCCCCN1CCCC1. The molecule has 1 aliphatic heterocycles. The second-order valence-electron chi connectivity index (χ2n) is 11.0. The summed E-state index contributed by atoms with van der Waals surface area (Å²) >= 11 is 0. The number of unbranched alkanes of at least 4 members (excludes halogenated alkanes) is 20. The molecule has 0 aromatic rings. The molecule has 0 saturated carbocycles. The summed E-state index contributed by atoms with van der Waals surface area (Å²) in [5.41, 5.74) is 0. The van der Waals surface area contributed by atoms with Gasteiger partial charge in [0, 0.05) is 0 Å². The second-order valence-corrected chi connectivity index (χ2v) is 11.0. The highest BCUT2D eigenvalue weighted by Crippen LogP contribution is 2.14. The molecule has 0 radical (unpaired) electrons. The van der Waals surface area contributed by atoms with Crippen molar-refractivity contribution in [2.75, 3.05) is 19.6 Å². The van der Waals surface area contributed by atoms with Crippen molar-refractivity contribution in [3.8, 4) is 0 Å². The van der Waals surface area contributed by atoms with Crippen LogP contribution in [0.5, 0.6) is 0 Å². The Hall–Kier alpha value is -0.560. The Morgan fingerprint density at radius 2 is 0.824 bits per heavy atom. The van der Waals surface area contributed by atoms with Gasteiger partial charge in [-0.3, -0.25) is 0 Å². The molecule has 200 valence electrons. The highest BCUT2D eigenvalue weighted by molar-refractivity contribution is 4.92. The molecule has 0 unspecified atom stereocenters. The van der Waals surface area contributed by atoms with Crippen LogP contribution in [0, 0.1) is 0 Å². The molecule has 1 fully saturated rings. The normalized spacial score (nSPS) is 14.9. The van der Waals surface area contributed by atoms with Gasteiger partial charge in [0.2, 0.25) is 0 Å². The summed E-state index contributed by atoms with van der Waals surface area (Å²) < 4.78 is 0. The highest BCUT2D eigenvalue weighted by Gasteiger charge is 2.09. The van der Waals surface area contributed by atoms with Crippen molar-refractivity contribution in [3.05, 3.63) is 24.3 Å². The van der Waals surface area contributed by atoms with E-state index in [4.69, 9.17) is 0 Å². The fourth-order valence-electron chi connectivity index (χ4n) is 5.27. The number of allylic oxidation sites excluding steroid dienone is 4. The van der Waals surface area contributed by atoms with Crippen LogP contribution in [0.1, 0.15) is 167 Å². The number of hydrogen-bond acceptors (Lipinski definition) is 1. The standard InChI is InChI=1S/C33H63N/c1-2-3-4-5-6-7-8-9-10-11-12-13-14-15-16-17-18-19-20-21-22-23-24-25-26-27-28-31-34-32-29-30-33-34/h15-16,18-19H,2-14,17,20-33H2,1H3/b16-15-,19-18-. The molecule has 0 atom stereocenters. The van der Waals surface area contributed by atoms with Crippen LogP contribution in [-0.2, 0) is 0 Å². The predicted octanol–water partition coefficient (Wildman–Crippen LogP) is 11.2. The van der Waals surface area contributed by atoms with E-state index in [0.29, 0.717) is 0 Å². The van der Waals surface area contributed by atoms with E-state index >= 15 is 0 Å². The van der Waals surface area contributed by atoms with Crippen LogP contribution >= 0.6 is 0 Å². The fourth-order valence-corrected chi connectivity index (χ4v) is 5.27. The molecule has 0 aromatic heterocycles. The zero-order valence-electron chi connectivity index (χ0n) is 23.6. The van der Waals surface area contributed by atoms with E-state index in [2.05, 4.69) is 36.1 Å². The number of nitrogens with zero attached hydrogens (tertiary/aromatic N) is 1. The Kier molecular flexibility index (Phi) is 25.0. The Morgan fingerprint density at radius 1 is 0.441 bits per heavy atom. The summed E-state index contributed by atoms with van der Waals surface area (Å²) in [4.78, 5) is 2.66. The summed E-state index contributed by atoms with van der Waals surface area (Å²) in [7, 11) is 0. The molecule has 0 spiro atoms. The quantitative estimate of drug-likeness (QED) is 0.0891. The lowest BCUT2D eigenvalue weighted by atomic mass is 10.0. The van der Waals surface area contributed by atoms with Crippen LogP contribution in [0.15, 0.2) is 24.3 Å². The molecule has 0 amide bonds. The van der Waals surface area contributed by atoms with Gasteiger partial charge < -0.3 is 4.90 Å². The third kappa shape index (κ3) is 23.2. The first kappa shape index (κ1) is 31.5. The van der Waals surface area contributed by atoms with Gasteiger partial charge in [-0.1, -0.05) is 140 Å². The summed E-state index contributed by atoms with van der Waals surface area (Å²) in [5.74, 6) is 0. The lowest BCUT2D eigenvalue weighted by molar-refractivity contribution is 0.327. The van der Waals surface area contributed by atoms with Gasteiger partial charge in [0.1, 0.15) is 0 Å². The molecule has 0 aromatic carbocycles. The molecule has 34 heavy (non-hydrogen) atoms. The first-order valence-corrected chi connectivity index (χ1v) is 16.0. The summed E-state index contributed by atoms with van der Waals surface area (Å²) in [6, 6.07) is 0. The van der Waals surface area contributed by atoms with Gasteiger partial charge in [-0.05, 0) is 71.0 Å². The van der Waals surface area contributed by atoms with Crippen LogP contribution in [0.4, 0.5) is 0 Å². The van der Waals surface area contributed by atoms with E-state index in [1.165, 1.54) is 174 Å². The maximum absolute atomic E-state index is 2.66. The van der Waals surface area contributed by atoms with E-state index < -0.39 is 0 Å². The molecule has 1 heterocycles. The van der Waals surface area contributed by atoms with Gasteiger partial charge >= 0.3 is 0 Å². The van der Waals surface area contributed by atoms with Crippen molar-refractivity contribution < 1.29 is 0 Å². The minimum Gasteiger partial charge on any atom is -0.303 e. The Labute approximate surface area is 216 Å². The second kappa shape index (κ2) is 27.0. The number of hydrogen-bond donors (Lipinski definition) is 0. The van der Waals surface area contributed by atoms with Crippen LogP contribution in [-0.4, -0.2) is 24.5 Å². The average Bonchev–Trinajstić information content (AvgIpc) is 3.37. The van der Waals surface area contributed by atoms with Crippen molar-refractivity contribution in [1.29, 1.82) is 0 Å². The van der Waals surface area contributed by atoms with Crippen molar-refractivity contribution in [2.45, 2.75) is 167 Å². The van der Waals surface area contributed by atoms with Crippen molar-refractivity contribution in [3.63, 3.8) is 0 Å². The molecule has 1 rings (SSSR count). The highest BCUT2D eigenvalue weighted by atomic mass is 15.1. The van der Waals surface area contributed by atoms with Crippen molar-refractivity contribution >= 4 is 0 Å². The van der Waals surface area contributed by atoms with Gasteiger partial charge in [-0.25, -0.2) is 0 Å². The number of likely N-dealkylation sites (tertiary alicyclic amines) is 1. The van der Waals surface area contributed by atoms with Gasteiger partial charge in [0.25, 0.3) is 0 Å². The third-order valence-electron chi connectivity index (χ3n) is 7.62. The van der Waals surface area contributed by atoms with Gasteiger partial charge in [-0.2, -0.15) is 0 Å². The lowest BCUT2D eigenvalue weighted by Crippen LogP contribution is -2.20. The van der Waals surface area contributed by atoms with Crippen molar-refractivity contribution in [1.82, 2.24) is 4.90 Å². The molecule has 1 heteroatoms. The van der Waals surface area contributed by atoms with Crippen LogP contribution < -0.4 is 0 Å². The molecule has 0 N–H and O–H groups in total. The molecule has 1 aliphatic rings. The zero-order chi connectivity index (χ0) is 24.2. The Morgan fingerprint density at radius 3 is 1.26 bits per heavy atom. The van der Waals surface area contributed by atoms with Crippen molar-refractivity contribution in [2.24, 2.45) is 0 Å². The van der Waals surface area contributed by atoms with Gasteiger partial charge in [-0.15, -0.1) is 0 Å². The van der Waals surface area contributed by atoms with E-state index in [1.54, 1.807) is 0 Å². The van der Waals surface area contributed by atoms with E-state index in [0.717, 1.165) is 6.42 Å². The monoisotopic (exact) mass is 473 g/mol. The molecular formula is C33H63N. The topological polar surface area (TPSA) is 3.24 Å². The summed E-state index contributed by atoms with van der Waals surface area (Å²) in [6.07, 6.45) is 45.0. The molecule has 1 nitrogen and oxygen atoms in total. The van der Waals surface area contributed by atoms with Gasteiger partial charge in [0.05, 0.1) is 0 Å². The Bertz CT molecular complexity index is 432.